The molecule has 1 aromatic carbocycles. The molecule has 9 heteroatoms. The lowest BCUT2D eigenvalue weighted by molar-refractivity contribution is 0.384. The molecule has 0 radical (unpaired) electrons. The Hall–Kier alpha value is -2.06. The normalized spacial score (nSPS) is 14.1. The van der Waals surface area contributed by atoms with Gasteiger partial charge < -0.3 is 9.42 Å². The molecule has 7 nitrogen and oxygen atoms in total. The fourth-order valence-corrected chi connectivity index (χ4v) is 4.20. The molecule has 2 aromatic heterocycles. The highest BCUT2D eigenvalue weighted by Gasteiger charge is 2.23. The van der Waals surface area contributed by atoms with Crippen molar-refractivity contribution in [2.75, 3.05) is 18.0 Å². The van der Waals surface area contributed by atoms with Crippen LogP contribution in [0, 0.1) is 0 Å². The number of aromatic nitrogens is 5. The molecule has 0 aliphatic carbocycles. The van der Waals surface area contributed by atoms with Gasteiger partial charge in [0.25, 0.3) is 0 Å². The van der Waals surface area contributed by atoms with E-state index in [1.807, 2.05) is 24.3 Å². The molecular formula is C19H23ClN6OS. The zero-order chi connectivity index (χ0) is 19.3. The van der Waals surface area contributed by atoms with Gasteiger partial charge in [-0.05, 0) is 37.5 Å². The summed E-state index contributed by atoms with van der Waals surface area (Å²) in [6, 6.07) is 7.77. The summed E-state index contributed by atoms with van der Waals surface area (Å²) in [6.07, 6.45) is 5.37. The number of nitrogens with zero attached hydrogens (tertiary/aromatic N) is 6. The molecule has 1 fully saturated rings. The van der Waals surface area contributed by atoms with E-state index in [2.05, 4.69) is 36.7 Å². The lowest BCUT2D eigenvalue weighted by Crippen LogP contribution is -2.22. The Bertz CT molecular complexity index is 921. The molecule has 0 spiro atoms. The van der Waals surface area contributed by atoms with E-state index < -0.39 is 0 Å². The third-order valence-electron chi connectivity index (χ3n) is 4.66. The van der Waals surface area contributed by atoms with E-state index in [0.29, 0.717) is 16.7 Å². The van der Waals surface area contributed by atoms with Gasteiger partial charge in [-0.2, -0.15) is 4.98 Å². The maximum Gasteiger partial charge on any atom is 0.237 e. The minimum absolute atomic E-state index is 0.553. The van der Waals surface area contributed by atoms with Crippen LogP contribution in [0.5, 0.6) is 0 Å². The van der Waals surface area contributed by atoms with Crippen molar-refractivity contribution in [2.24, 2.45) is 0 Å². The second kappa shape index (κ2) is 8.96. The molecule has 0 atom stereocenters. The third kappa shape index (κ3) is 4.33. The topological polar surface area (TPSA) is 72.9 Å². The Morgan fingerprint density at radius 3 is 2.86 bits per heavy atom. The smallest absolute Gasteiger partial charge is 0.237 e. The van der Waals surface area contributed by atoms with Crippen molar-refractivity contribution in [2.45, 2.75) is 49.9 Å². The van der Waals surface area contributed by atoms with E-state index in [9.17, 15) is 0 Å². The number of hydrogen-bond donors (Lipinski definition) is 0. The second-order valence-electron chi connectivity index (χ2n) is 6.79. The first kappa shape index (κ1) is 19.3. The van der Waals surface area contributed by atoms with Gasteiger partial charge in [-0.1, -0.05) is 47.9 Å². The summed E-state index contributed by atoms with van der Waals surface area (Å²) >= 11 is 7.78. The first-order valence-electron chi connectivity index (χ1n) is 9.65. The van der Waals surface area contributed by atoms with Crippen molar-refractivity contribution in [1.29, 1.82) is 0 Å². The summed E-state index contributed by atoms with van der Waals surface area (Å²) in [5, 5.41) is 14.4. The Labute approximate surface area is 173 Å². The molecule has 0 amide bonds. The van der Waals surface area contributed by atoms with Gasteiger partial charge in [0.1, 0.15) is 0 Å². The van der Waals surface area contributed by atoms with Crippen molar-refractivity contribution in [1.82, 2.24) is 24.9 Å². The highest BCUT2D eigenvalue weighted by atomic mass is 35.5. The van der Waals surface area contributed by atoms with E-state index in [1.165, 1.54) is 12.8 Å². The SMILES string of the molecule is CCCCc1noc(CSc2nnc(N3CCCC3)n2-c2cccc(Cl)c2)n1. The first-order chi connectivity index (χ1) is 13.7. The van der Waals surface area contributed by atoms with Crippen LogP contribution in [0.15, 0.2) is 33.9 Å². The van der Waals surface area contributed by atoms with Gasteiger partial charge in [0.05, 0.1) is 11.4 Å². The van der Waals surface area contributed by atoms with E-state index in [1.54, 1.807) is 11.8 Å². The fourth-order valence-electron chi connectivity index (χ4n) is 3.23. The molecule has 0 bridgehead atoms. The molecule has 28 heavy (non-hydrogen) atoms. The van der Waals surface area contributed by atoms with E-state index >= 15 is 0 Å². The number of unbranched alkanes of at least 4 members (excludes halogenated alkanes) is 1. The van der Waals surface area contributed by atoms with E-state index in [0.717, 1.165) is 55.0 Å². The van der Waals surface area contributed by atoms with Gasteiger partial charge in [0, 0.05) is 24.5 Å². The number of anilines is 1. The Kier molecular flexibility index (Phi) is 6.17. The number of rotatable bonds is 8. The Balaban J connectivity index is 1.57. The fraction of sp³-hybridized carbons (Fsp3) is 0.474. The predicted molar refractivity (Wildman–Crippen MR) is 110 cm³/mol. The molecule has 3 heterocycles. The van der Waals surface area contributed by atoms with Crippen LogP contribution < -0.4 is 4.90 Å². The molecule has 0 saturated carbocycles. The molecule has 1 aliphatic heterocycles. The molecule has 0 unspecified atom stereocenters. The van der Waals surface area contributed by atoms with Gasteiger partial charge in [-0.3, -0.25) is 4.57 Å². The lowest BCUT2D eigenvalue weighted by atomic mass is 10.2. The summed E-state index contributed by atoms with van der Waals surface area (Å²) in [7, 11) is 0. The van der Waals surface area contributed by atoms with Crippen LogP contribution in [-0.4, -0.2) is 38.0 Å². The van der Waals surface area contributed by atoms with Crippen LogP contribution in [0.1, 0.15) is 44.3 Å². The van der Waals surface area contributed by atoms with Crippen LogP contribution >= 0.6 is 23.4 Å². The molecule has 4 rings (SSSR count). The molecule has 0 N–H and O–H groups in total. The molecule has 148 valence electrons. The largest absolute Gasteiger partial charge is 0.341 e. The number of hydrogen-bond acceptors (Lipinski definition) is 7. The Morgan fingerprint density at radius 1 is 1.21 bits per heavy atom. The number of benzene rings is 1. The molecule has 1 aliphatic rings. The highest BCUT2D eigenvalue weighted by molar-refractivity contribution is 7.98. The Morgan fingerprint density at radius 2 is 2.07 bits per heavy atom. The predicted octanol–water partition coefficient (Wildman–Crippen LogP) is 4.54. The van der Waals surface area contributed by atoms with Gasteiger partial charge in [0.15, 0.2) is 11.0 Å². The van der Waals surface area contributed by atoms with Crippen molar-refractivity contribution in [3.63, 3.8) is 0 Å². The summed E-state index contributed by atoms with van der Waals surface area (Å²) in [6.45, 7) is 4.14. The van der Waals surface area contributed by atoms with Crippen LogP contribution in [0.4, 0.5) is 5.95 Å². The molecule has 3 aromatic rings. The quantitative estimate of drug-likeness (QED) is 0.497. The van der Waals surface area contributed by atoms with Crippen molar-refractivity contribution >= 4 is 29.3 Å². The summed E-state index contributed by atoms with van der Waals surface area (Å²) in [5.74, 6) is 2.79. The maximum absolute atomic E-state index is 6.24. The van der Waals surface area contributed by atoms with Gasteiger partial charge >= 0.3 is 0 Å². The van der Waals surface area contributed by atoms with Gasteiger partial charge in [0.2, 0.25) is 11.8 Å². The average Bonchev–Trinajstić information content (AvgIpc) is 3.44. The lowest BCUT2D eigenvalue weighted by Gasteiger charge is -2.18. The van der Waals surface area contributed by atoms with Crippen LogP contribution in [0.2, 0.25) is 5.02 Å². The molecular weight excluding hydrogens is 396 g/mol. The highest BCUT2D eigenvalue weighted by Crippen LogP contribution is 2.30. The van der Waals surface area contributed by atoms with Crippen molar-refractivity contribution < 1.29 is 4.52 Å². The third-order valence-corrected chi connectivity index (χ3v) is 5.81. The zero-order valence-electron chi connectivity index (χ0n) is 15.8. The van der Waals surface area contributed by atoms with Gasteiger partial charge in [-0.25, -0.2) is 0 Å². The summed E-state index contributed by atoms with van der Waals surface area (Å²) in [5.41, 5.74) is 0.955. The average molecular weight is 419 g/mol. The zero-order valence-corrected chi connectivity index (χ0v) is 17.4. The van der Waals surface area contributed by atoms with Crippen LogP contribution in [0.25, 0.3) is 5.69 Å². The van der Waals surface area contributed by atoms with E-state index in [-0.39, 0.29) is 0 Å². The number of thioether (sulfide) groups is 1. The number of halogens is 1. The van der Waals surface area contributed by atoms with E-state index in [4.69, 9.17) is 16.1 Å². The second-order valence-corrected chi connectivity index (χ2v) is 8.17. The number of aryl methyl sites for hydroxylation is 1. The minimum Gasteiger partial charge on any atom is -0.341 e. The van der Waals surface area contributed by atoms with Crippen LogP contribution in [-0.2, 0) is 12.2 Å². The van der Waals surface area contributed by atoms with Gasteiger partial charge in [-0.15, -0.1) is 10.2 Å². The summed E-state index contributed by atoms with van der Waals surface area (Å²) in [4.78, 5) is 6.75. The standard InChI is InChI=1S/C19H23ClN6OS/c1-2-3-9-16-21-17(27-24-16)13-28-19-23-22-18(25-10-4-5-11-25)26(19)15-8-6-7-14(20)12-15/h6-8,12H,2-5,9-11,13H2,1H3. The van der Waals surface area contributed by atoms with Crippen LogP contribution in [0.3, 0.4) is 0 Å². The van der Waals surface area contributed by atoms with Crippen molar-refractivity contribution in [3.05, 3.63) is 41.0 Å². The summed E-state index contributed by atoms with van der Waals surface area (Å²) < 4.78 is 7.45. The first-order valence-corrected chi connectivity index (χ1v) is 11.0. The van der Waals surface area contributed by atoms with Crippen molar-refractivity contribution in [3.8, 4) is 5.69 Å². The maximum atomic E-state index is 6.24. The monoisotopic (exact) mass is 418 g/mol. The molecule has 1 saturated heterocycles. The minimum atomic E-state index is 0.553.